The van der Waals surface area contributed by atoms with E-state index in [1.807, 2.05) is 0 Å². The standard InChI is InChI=1S/C14H12FN5/c1-20-13(16)11(9-4-2-5-10(15)8-9)12(19-20)14-17-6-3-7-18-14/h2-8H,16H2,1H3. The van der Waals surface area contributed by atoms with E-state index >= 15 is 0 Å². The molecule has 2 heterocycles. The molecule has 0 aliphatic rings. The number of nitrogens with zero attached hydrogens (tertiary/aromatic N) is 4. The number of hydrogen-bond acceptors (Lipinski definition) is 4. The van der Waals surface area contributed by atoms with Gasteiger partial charge in [0.05, 0.1) is 5.56 Å². The van der Waals surface area contributed by atoms with Crippen LogP contribution in [0.3, 0.4) is 0 Å². The minimum absolute atomic E-state index is 0.328. The van der Waals surface area contributed by atoms with E-state index in [0.717, 1.165) is 0 Å². The molecule has 0 radical (unpaired) electrons. The van der Waals surface area contributed by atoms with Crippen molar-refractivity contribution in [2.75, 3.05) is 5.73 Å². The molecule has 100 valence electrons. The number of nitrogen functional groups attached to an aromatic ring is 1. The molecule has 2 N–H and O–H groups in total. The largest absolute Gasteiger partial charge is 0.383 e. The molecule has 2 aromatic heterocycles. The van der Waals surface area contributed by atoms with Crippen molar-refractivity contribution in [3.8, 4) is 22.6 Å². The van der Waals surface area contributed by atoms with E-state index in [1.54, 1.807) is 37.6 Å². The Bertz CT molecular complexity index is 752. The maximum atomic E-state index is 13.4. The van der Waals surface area contributed by atoms with Crippen LogP contribution in [0.25, 0.3) is 22.6 Å². The lowest BCUT2D eigenvalue weighted by Crippen LogP contribution is -1.98. The summed E-state index contributed by atoms with van der Waals surface area (Å²) < 4.78 is 15.0. The Morgan fingerprint density at radius 3 is 2.60 bits per heavy atom. The molecule has 0 saturated carbocycles. The smallest absolute Gasteiger partial charge is 0.180 e. The zero-order valence-electron chi connectivity index (χ0n) is 10.8. The van der Waals surface area contributed by atoms with Gasteiger partial charge >= 0.3 is 0 Å². The maximum Gasteiger partial charge on any atom is 0.180 e. The zero-order chi connectivity index (χ0) is 14.1. The first kappa shape index (κ1) is 12.3. The fourth-order valence-corrected chi connectivity index (χ4v) is 2.04. The first-order valence-corrected chi connectivity index (χ1v) is 6.02. The Labute approximate surface area is 114 Å². The molecule has 0 fully saturated rings. The van der Waals surface area contributed by atoms with Crippen LogP contribution in [-0.4, -0.2) is 19.7 Å². The number of halogens is 1. The number of benzene rings is 1. The van der Waals surface area contributed by atoms with Crippen molar-refractivity contribution >= 4 is 5.82 Å². The van der Waals surface area contributed by atoms with Gasteiger partial charge in [-0.1, -0.05) is 12.1 Å². The van der Waals surface area contributed by atoms with Gasteiger partial charge in [-0.3, -0.25) is 4.68 Å². The summed E-state index contributed by atoms with van der Waals surface area (Å²) in [5, 5.41) is 4.33. The zero-order valence-corrected chi connectivity index (χ0v) is 10.8. The second-order valence-corrected chi connectivity index (χ2v) is 4.32. The topological polar surface area (TPSA) is 69.6 Å². The van der Waals surface area contributed by atoms with Crippen LogP contribution in [0, 0.1) is 5.82 Å². The fraction of sp³-hybridized carbons (Fsp3) is 0.0714. The molecule has 5 nitrogen and oxygen atoms in total. The molecule has 0 aliphatic heterocycles. The van der Waals surface area contributed by atoms with Crippen LogP contribution < -0.4 is 5.73 Å². The first-order chi connectivity index (χ1) is 9.66. The van der Waals surface area contributed by atoms with Crippen LogP contribution in [0.5, 0.6) is 0 Å². The lowest BCUT2D eigenvalue weighted by atomic mass is 10.0. The van der Waals surface area contributed by atoms with Crippen molar-refractivity contribution in [2.45, 2.75) is 0 Å². The number of hydrogen-bond donors (Lipinski definition) is 1. The summed E-state index contributed by atoms with van der Waals surface area (Å²) in [6.07, 6.45) is 3.26. The number of nitrogens with two attached hydrogens (primary N) is 1. The van der Waals surface area contributed by atoms with Crippen molar-refractivity contribution < 1.29 is 4.39 Å². The van der Waals surface area contributed by atoms with E-state index in [-0.39, 0.29) is 5.82 Å². The second-order valence-electron chi connectivity index (χ2n) is 4.32. The highest BCUT2D eigenvalue weighted by Gasteiger charge is 2.19. The molecular weight excluding hydrogens is 257 g/mol. The van der Waals surface area contributed by atoms with Gasteiger partial charge in [-0.15, -0.1) is 0 Å². The first-order valence-electron chi connectivity index (χ1n) is 6.02. The summed E-state index contributed by atoms with van der Waals surface area (Å²) in [7, 11) is 1.73. The molecule has 1 aromatic carbocycles. The van der Waals surface area contributed by atoms with Gasteiger partial charge in [-0.25, -0.2) is 14.4 Å². The molecule has 0 aliphatic carbocycles. The number of anilines is 1. The van der Waals surface area contributed by atoms with Gasteiger partial charge in [0.2, 0.25) is 0 Å². The summed E-state index contributed by atoms with van der Waals surface area (Å²) in [5.41, 5.74) is 7.87. The summed E-state index contributed by atoms with van der Waals surface area (Å²) in [6.45, 7) is 0. The lowest BCUT2D eigenvalue weighted by Gasteiger charge is -2.03. The minimum atomic E-state index is -0.328. The van der Waals surface area contributed by atoms with E-state index in [0.29, 0.717) is 28.5 Å². The lowest BCUT2D eigenvalue weighted by molar-refractivity contribution is 0.628. The van der Waals surface area contributed by atoms with Crippen LogP contribution in [0.15, 0.2) is 42.7 Å². The normalized spacial score (nSPS) is 10.7. The second kappa shape index (κ2) is 4.73. The maximum absolute atomic E-state index is 13.4. The quantitative estimate of drug-likeness (QED) is 0.774. The highest BCUT2D eigenvalue weighted by molar-refractivity contribution is 5.86. The molecule has 6 heteroatoms. The van der Waals surface area contributed by atoms with Crippen LogP contribution in [0.4, 0.5) is 10.2 Å². The molecule has 0 unspecified atom stereocenters. The number of aryl methyl sites for hydroxylation is 1. The van der Waals surface area contributed by atoms with Gasteiger partial charge in [0.1, 0.15) is 17.3 Å². The molecule has 3 aromatic rings. The molecule has 3 rings (SSSR count). The third-order valence-corrected chi connectivity index (χ3v) is 2.98. The SMILES string of the molecule is Cn1nc(-c2ncccn2)c(-c2cccc(F)c2)c1N. The van der Waals surface area contributed by atoms with Gasteiger partial charge in [-0.05, 0) is 23.8 Å². The van der Waals surface area contributed by atoms with Crippen molar-refractivity contribution in [1.82, 2.24) is 19.7 Å². The molecule has 20 heavy (non-hydrogen) atoms. The van der Waals surface area contributed by atoms with Crippen molar-refractivity contribution in [2.24, 2.45) is 7.05 Å². The van der Waals surface area contributed by atoms with Crippen LogP contribution >= 0.6 is 0 Å². The minimum Gasteiger partial charge on any atom is -0.383 e. The van der Waals surface area contributed by atoms with Crippen molar-refractivity contribution in [1.29, 1.82) is 0 Å². The average Bonchev–Trinajstić information content (AvgIpc) is 2.76. The summed E-state index contributed by atoms with van der Waals surface area (Å²) >= 11 is 0. The van der Waals surface area contributed by atoms with Gasteiger partial charge < -0.3 is 5.73 Å². The molecular formula is C14H12FN5. The van der Waals surface area contributed by atoms with Crippen LogP contribution in [-0.2, 0) is 7.05 Å². The Hall–Kier alpha value is -2.76. The van der Waals surface area contributed by atoms with E-state index in [4.69, 9.17) is 5.73 Å². The summed E-state index contributed by atoms with van der Waals surface area (Å²) in [6, 6.07) is 7.93. The Balaban J connectivity index is 2.25. The Kier molecular flexibility index (Phi) is 2.90. The third-order valence-electron chi connectivity index (χ3n) is 2.98. The fourth-order valence-electron chi connectivity index (χ4n) is 2.04. The van der Waals surface area contributed by atoms with Gasteiger partial charge in [0.15, 0.2) is 5.82 Å². The monoisotopic (exact) mass is 269 g/mol. The predicted octanol–water partition coefficient (Wildman–Crippen LogP) is 2.27. The van der Waals surface area contributed by atoms with E-state index in [9.17, 15) is 4.39 Å². The van der Waals surface area contributed by atoms with Gasteiger partial charge in [0, 0.05) is 19.4 Å². The summed E-state index contributed by atoms with van der Waals surface area (Å²) in [4.78, 5) is 8.35. The number of rotatable bonds is 2. The Morgan fingerprint density at radius 1 is 1.15 bits per heavy atom. The molecule has 0 spiro atoms. The molecule has 0 amide bonds. The third kappa shape index (κ3) is 2.01. The molecule has 0 atom stereocenters. The molecule has 0 bridgehead atoms. The van der Waals surface area contributed by atoms with Crippen LogP contribution in [0.1, 0.15) is 0 Å². The van der Waals surface area contributed by atoms with E-state index in [2.05, 4.69) is 15.1 Å². The van der Waals surface area contributed by atoms with Crippen LogP contribution in [0.2, 0.25) is 0 Å². The Morgan fingerprint density at radius 2 is 1.90 bits per heavy atom. The van der Waals surface area contributed by atoms with Gasteiger partial charge in [0.25, 0.3) is 0 Å². The van der Waals surface area contributed by atoms with Crippen molar-refractivity contribution in [3.63, 3.8) is 0 Å². The predicted molar refractivity (Wildman–Crippen MR) is 74.0 cm³/mol. The summed E-state index contributed by atoms with van der Waals surface area (Å²) in [5.74, 6) is 0.572. The van der Waals surface area contributed by atoms with Gasteiger partial charge in [-0.2, -0.15) is 5.10 Å². The average molecular weight is 269 g/mol. The van der Waals surface area contributed by atoms with E-state index < -0.39 is 0 Å². The molecule has 0 saturated heterocycles. The highest BCUT2D eigenvalue weighted by Crippen LogP contribution is 2.34. The number of aromatic nitrogens is 4. The highest BCUT2D eigenvalue weighted by atomic mass is 19.1. The van der Waals surface area contributed by atoms with E-state index in [1.165, 1.54) is 16.8 Å². The van der Waals surface area contributed by atoms with Crippen molar-refractivity contribution in [3.05, 3.63) is 48.5 Å².